The van der Waals surface area contributed by atoms with Crippen LogP contribution in [0.3, 0.4) is 0 Å². The predicted molar refractivity (Wildman–Crippen MR) is 91.8 cm³/mol. The van der Waals surface area contributed by atoms with Gasteiger partial charge in [-0.05, 0) is 37.8 Å². The third-order valence-corrected chi connectivity index (χ3v) is 4.24. The lowest BCUT2D eigenvalue weighted by atomic mass is 9.99. The molecule has 1 aliphatic heterocycles. The van der Waals surface area contributed by atoms with E-state index >= 15 is 0 Å². The molecule has 1 aliphatic rings. The Morgan fingerprint density at radius 3 is 2.70 bits per heavy atom. The summed E-state index contributed by atoms with van der Waals surface area (Å²) < 4.78 is 0. The van der Waals surface area contributed by atoms with Crippen LogP contribution < -0.4 is 10.2 Å². The minimum Gasteiger partial charge on any atom is -0.356 e. The van der Waals surface area contributed by atoms with Gasteiger partial charge >= 0.3 is 0 Å². The molecule has 0 radical (unpaired) electrons. The molecule has 0 amide bonds. The van der Waals surface area contributed by atoms with Crippen molar-refractivity contribution in [3.05, 3.63) is 41.6 Å². The molecule has 118 valence electrons. The Balaban J connectivity index is 1.85. The van der Waals surface area contributed by atoms with E-state index in [0.717, 1.165) is 36.2 Å². The Kier molecular flexibility index (Phi) is 4.42. The molecule has 1 N–H and O–H groups in total. The lowest BCUT2D eigenvalue weighted by molar-refractivity contribution is 0.436. The number of nitrogens with one attached hydrogen (secondary N) is 1. The molecule has 0 spiro atoms. The zero-order valence-electron chi connectivity index (χ0n) is 13.6. The van der Waals surface area contributed by atoms with Crippen molar-refractivity contribution >= 4 is 17.5 Å². The van der Waals surface area contributed by atoms with Crippen molar-refractivity contribution in [3.63, 3.8) is 0 Å². The smallest absolute Gasteiger partial charge is 0.229 e. The molecule has 0 bridgehead atoms. The van der Waals surface area contributed by atoms with Gasteiger partial charge in [-0.3, -0.25) is 0 Å². The summed E-state index contributed by atoms with van der Waals surface area (Å²) in [4.78, 5) is 11.4. The average Bonchev–Trinajstić information content (AvgIpc) is 2.55. The Bertz CT molecular complexity index is 726. The molecule has 0 unspecified atom stereocenters. The predicted octanol–water partition coefficient (Wildman–Crippen LogP) is 3.64. The number of hydrogen-bond acceptors (Lipinski definition) is 5. The van der Waals surface area contributed by atoms with Gasteiger partial charge in [-0.1, -0.05) is 19.1 Å². The van der Waals surface area contributed by atoms with Crippen LogP contribution in [0, 0.1) is 24.2 Å². The highest BCUT2D eigenvalue weighted by Gasteiger charge is 2.18. The summed E-state index contributed by atoms with van der Waals surface area (Å²) in [6.45, 7) is 6.34. The fraction of sp³-hybridized carbons (Fsp3) is 0.389. The van der Waals surface area contributed by atoms with E-state index in [4.69, 9.17) is 0 Å². The van der Waals surface area contributed by atoms with Crippen molar-refractivity contribution in [2.45, 2.75) is 26.7 Å². The van der Waals surface area contributed by atoms with E-state index < -0.39 is 0 Å². The number of aryl methyl sites for hydroxylation is 1. The van der Waals surface area contributed by atoms with Crippen molar-refractivity contribution in [3.8, 4) is 6.07 Å². The van der Waals surface area contributed by atoms with Gasteiger partial charge in [0.15, 0.2) is 0 Å². The Hall–Kier alpha value is -2.61. The van der Waals surface area contributed by atoms with E-state index in [2.05, 4.69) is 33.2 Å². The monoisotopic (exact) mass is 307 g/mol. The molecule has 5 heteroatoms. The summed E-state index contributed by atoms with van der Waals surface area (Å²) in [6, 6.07) is 11.6. The quantitative estimate of drug-likeness (QED) is 0.938. The molecular weight excluding hydrogens is 286 g/mol. The normalized spacial score (nSPS) is 15.3. The summed E-state index contributed by atoms with van der Waals surface area (Å²) in [5.74, 6) is 2.29. The van der Waals surface area contributed by atoms with Crippen LogP contribution >= 0.6 is 0 Å². The first-order chi connectivity index (χ1) is 11.2. The maximum Gasteiger partial charge on any atom is 0.229 e. The number of para-hydroxylation sites is 1. The van der Waals surface area contributed by atoms with Crippen LogP contribution in [0.1, 0.15) is 31.0 Å². The molecule has 2 aromatic rings. The third kappa shape index (κ3) is 3.59. The molecule has 5 nitrogen and oxygen atoms in total. The highest BCUT2D eigenvalue weighted by molar-refractivity contribution is 5.63. The van der Waals surface area contributed by atoms with Crippen LogP contribution in [-0.4, -0.2) is 23.1 Å². The summed E-state index contributed by atoms with van der Waals surface area (Å²) in [6.07, 6.45) is 2.39. The van der Waals surface area contributed by atoms with Gasteiger partial charge in [-0.2, -0.15) is 10.2 Å². The zero-order chi connectivity index (χ0) is 16.2. The van der Waals surface area contributed by atoms with Crippen LogP contribution in [0.2, 0.25) is 0 Å². The Labute approximate surface area is 137 Å². The molecule has 0 atom stereocenters. The number of aromatic nitrogens is 2. The van der Waals surface area contributed by atoms with Gasteiger partial charge in [-0.25, -0.2) is 4.98 Å². The van der Waals surface area contributed by atoms with Gasteiger partial charge in [0, 0.05) is 24.8 Å². The number of nitrogens with zero attached hydrogens (tertiary/aromatic N) is 4. The molecule has 0 saturated carbocycles. The average molecular weight is 307 g/mol. The first-order valence-corrected chi connectivity index (χ1v) is 8.02. The molecule has 2 heterocycles. The Morgan fingerprint density at radius 2 is 1.96 bits per heavy atom. The lowest BCUT2D eigenvalue weighted by Crippen LogP contribution is -2.33. The fourth-order valence-electron chi connectivity index (χ4n) is 2.82. The first kappa shape index (κ1) is 15.3. The second-order valence-corrected chi connectivity index (χ2v) is 6.14. The summed E-state index contributed by atoms with van der Waals surface area (Å²) in [5.41, 5.74) is 2.25. The second-order valence-electron chi connectivity index (χ2n) is 6.14. The SMILES string of the molecule is Cc1cc(N2CCC(C)CC2)nc(Nc2ccccc2C#N)n1. The highest BCUT2D eigenvalue weighted by Crippen LogP contribution is 2.24. The van der Waals surface area contributed by atoms with Gasteiger partial charge in [0.1, 0.15) is 11.9 Å². The molecule has 1 saturated heterocycles. The standard InChI is InChI=1S/C18H21N5/c1-13-7-9-23(10-8-13)17-11-14(2)20-18(22-17)21-16-6-4-3-5-15(16)12-19/h3-6,11,13H,7-10H2,1-2H3,(H,20,21,22). The number of nitriles is 1. The Morgan fingerprint density at radius 1 is 1.22 bits per heavy atom. The number of hydrogen-bond donors (Lipinski definition) is 1. The van der Waals surface area contributed by atoms with E-state index in [1.807, 2.05) is 31.2 Å². The molecule has 1 aromatic heterocycles. The molecule has 3 rings (SSSR count). The molecule has 1 fully saturated rings. The summed E-state index contributed by atoms with van der Waals surface area (Å²) in [5, 5.41) is 12.4. The van der Waals surface area contributed by atoms with Crippen molar-refractivity contribution in [1.82, 2.24) is 9.97 Å². The van der Waals surface area contributed by atoms with Crippen molar-refractivity contribution in [2.75, 3.05) is 23.3 Å². The largest absolute Gasteiger partial charge is 0.356 e. The third-order valence-electron chi connectivity index (χ3n) is 4.24. The van der Waals surface area contributed by atoms with E-state index in [-0.39, 0.29) is 0 Å². The van der Waals surface area contributed by atoms with Gasteiger partial charge in [0.2, 0.25) is 5.95 Å². The van der Waals surface area contributed by atoms with Gasteiger partial charge < -0.3 is 10.2 Å². The second kappa shape index (κ2) is 6.66. The summed E-state index contributed by atoms with van der Waals surface area (Å²) in [7, 11) is 0. The molecular formula is C18H21N5. The molecule has 1 aromatic carbocycles. The van der Waals surface area contributed by atoms with Crippen LogP contribution in [-0.2, 0) is 0 Å². The number of benzene rings is 1. The van der Waals surface area contributed by atoms with E-state index in [1.54, 1.807) is 6.07 Å². The first-order valence-electron chi connectivity index (χ1n) is 8.02. The van der Waals surface area contributed by atoms with E-state index in [1.165, 1.54) is 12.8 Å². The molecule has 23 heavy (non-hydrogen) atoms. The van der Waals surface area contributed by atoms with E-state index in [9.17, 15) is 5.26 Å². The number of piperidine rings is 1. The number of anilines is 3. The highest BCUT2D eigenvalue weighted by atomic mass is 15.2. The maximum absolute atomic E-state index is 9.20. The van der Waals surface area contributed by atoms with Crippen molar-refractivity contribution in [1.29, 1.82) is 5.26 Å². The topological polar surface area (TPSA) is 64.8 Å². The zero-order valence-corrected chi connectivity index (χ0v) is 13.6. The minimum absolute atomic E-state index is 0.543. The fourth-order valence-corrected chi connectivity index (χ4v) is 2.82. The van der Waals surface area contributed by atoms with Gasteiger partial charge in [0.05, 0.1) is 11.3 Å². The van der Waals surface area contributed by atoms with Crippen molar-refractivity contribution in [2.24, 2.45) is 5.92 Å². The van der Waals surface area contributed by atoms with Crippen LogP contribution in [0.25, 0.3) is 0 Å². The van der Waals surface area contributed by atoms with E-state index in [0.29, 0.717) is 11.5 Å². The molecule has 0 aliphatic carbocycles. The minimum atomic E-state index is 0.543. The van der Waals surface area contributed by atoms with Crippen LogP contribution in [0.4, 0.5) is 17.5 Å². The maximum atomic E-state index is 9.20. The lowest BCUT2D eigenvalue weighted by Gasteiger charge is -2.31. The number of rotatable bonds is 3. The van der Waals surface area contributed by atoms with Gasteiger partial charge in [0.25, 0.3) is 0 Å². The van der Waals surface area contributed by atoms with Crippen LogP contribution in [0.5, 0.6) is 0 Å². The van der Waals surface area contributed by atoms with Gasteiger partial charge in [-0.15, -0.1) is 0 Å². The summed E-state index contributed by atoms with van der Waals surface area (Å²) >= 11 is 0. The van der Waals surface area contributed by atoms with Crippen molar-refractivity contribution < 1.29 is 0 Å². The van der Waals surface area contributed by atoms with Crippen LogP contribution in [0.15, 0.2) is 30.3 Å².